The zero-order valence-corrected chi connectivity index (χ0v) is 11.8. The van der Waals surface area contributed by atoms with Crippen LogP contribution in [-0.2, 0) is 0 Å². The Morgan fingerprint density at radius 2 is 1.61 bits per heavy atom. The molecule has 1 N–H and O–H groups in total. The van der Waals surface area contributed by atoms with Gasteiger partial charge in [-0.2, -0.15) is 0 Å². The first-order valence-electron chi connectivity index (χ1n) is 6.88. The third-order valence-corrected chi connectivity index (χ3v) is 3.42. The highest BCUT2D eigenvalue weighted by Gasteiger charge is 2.20. The number of furan rings is 1. The van der Waals surface area contributed by atoms with Crippen LogP contribution < -0.4 is 5.63 Å². The van der Waals surface area contributed by atoms with Crippen LogP contribution in [0.4, 0.5) is 11.6 Å². The summed E-state index contributed by atoms with van der Waals surface area (Å²) in [6.07, 6.45) is 0. The second kappa shape index (κ2) is 5.10. The number of fused-ring (bicyclic) bond motifs is 3. The standard InChI is InChI=1S/C17H10N2O4/c20-14-13-15(11-8-4-5-9-12(11)22-17(13)21)23-16(14)19-18-10-6-2-1-3-7-10/h1-9,20H. The topological polar surface area (TPSA) is 88.3 Å². The van der Waals surface area contributed by atoms with Crippen LogP contribution in [0.15, 0.2) is 78.5 Å². The molecule has 2 aromatic carbocycles. The average molecular weight is 306 g/mol. The Morgan fingerprint density at radius 1 is 0.870 bits per heavy atom. The van der Waals surface area contributed by atoms with Crippen molar-refractivity contribution < 1.29 is 13.9 Å². The molecule has 6 heteroatoms. The molecular formula is C17H10N2O4. The van der Waals surface area contributed by atoms with E-state index in [2.05, 4.69) is 10.2 Å². The summed E-state index contributed by atoms with van der Waals surface area (Å²) >= 11 is 0. The van der Waals surface area contributed by atoms with Crippen LogP contribution >= 0.6 is 0 Å². The lowest BCUT2D eigenvalue weighted by Crippen LogP contribution is -1.97. The van der Waals surface area contributed by atoms with E-state index >= 15 is 0 Å². The number of benzene rings is 2. The average Bonchev–Trinajstić information content (AvgIpc) is 2.92. The smallest absolute Gasteiger partial charge is 0.351 e. The fraction of sp³-hybridized carbons (Fsp3) is 0. The Hall–Kier alpha value is -3.41. The zero-order valence-electron chi connectivity index (χ0n) is 11.8. The van der Waals surface area contributed by atoms with Crippen LogP contribution in [0.2, 0.25) is 0 Å². The second-order valence-electron chi connectivity index (χ2n) is 4.88. The Bertz CT molecular complexity index is 1090. The molecule has 0 saturated heterocycles. The van der Waals surface area contributed by atoms with Gasteiger partial charge in [0.1, 0.15) is 5.58 Å². The Balaban J connectivity index is 1.94. The maximum atomic E-state index is 12.0. The molecule has 0 spiro atoms. The molecule has 0 saturated carbocycles. The summed E-state index contributed by atoms with van der Waals surface area (Å²) in [4.78, 5) is 12.0. The summed E-state index contributed by atoms with van der Waals surface area (Å²) in [5, 5.41) is 18.6. The predicted molar refractivity (Wildman–Crippen MR) is 84.5 cm³/mol. The fourth-order valence-corrected chi connectivity index (χ4v) is 2.35. The van der Waals surface area contributed by atoms with E-state index in [1.54, 1.807) is 36.4 Å². The van der Waals surface area contributed by atoms with Gasteiger partial charge in [-0.25, -0.2) is 4.79 Å². The monoisotopic (exact) mass is 306 g/mol. The lowest BCUT2D eigenvalue weighted by molar-refractivity contribution is 0.466. The van der Waals surface area contributed by atoms with Crippen LogP contribution in [0, 0.1) is 0 Å². The van der Waals surface area contributed by atoms with Gasteiger partial charge in [0, 0.05) is 0 Å². The minimum atomic E-state index is -0.680. The molecule has 4 aromatic rings. The van der Waals surface area contributed by atoms with Crippen molar-refractivity contribution in [1.82, 2.24) is 0 Å². The lowest BCUT2D eigenvalue weighted by atomic mass is 10.2. The predicted octanol–water partition coefficient (Wildman–Crippen LogP) is 4.66. The molecule has 0 amide bonds. The molecule has 23 heavy (non-hydrogen) atoms. The van der Waals surface area contributed by atoms with E-state index in [9.17, 15) is 9.90 Å². The minimum Gasteiger partial charge on any atom is -0.502 e. The maximum Gasteiger partial charge on any atom is 0.351 e. The molecule has 112 valence electrons. The quantitative estimate of drug-likeness (QED) is 0.431. The second-order valence-corrected chi connectivity index (χ2v) is 4.88. The molecular weight excluding hydrogens is 296 g/mol. The lowest BCUT2D eigenvalue weighted by Gasteiger charge is -1.95. The molecule has 2 heterocycles. The van der Waals surface area contributed by atoms with Crippen LogP contribution in [0.5, 0.6) is 5.75 Å². The molecule has 0 atom stereocenters. The largest absolute Gasteiger partial charge is 0.502 e. The Morgan fingerprint density at radius 3 is 2.43 bits per heavy atom. The Kier molecular flexibility index (Phi) is 2.94. The number of hydrogen-bond acceptors (Lipinski definition) is 6. The normalized spacial score (nSPS) is 11.7. The van der Waals surface area contributed by atoms with E-state index in [-0.39, 0.29) is 22.6 Å². The molecule has 2 aromatic heterocycles. The van der Waals surface area contributed by atoms with Crippen LogP contribution in [-0.4, -0.2) is 5.11 Å². The van der Waals surface area contributed by atoms with Crippen molar-refractivity contribution in [3.05, 3.63) is 65.0 Å². The minimum absolute atomic E-state index is 0.0364. The van der Waals surface area contributed by atoms with E-state index in [1.165, 1.54) is 0 Å². The van der Waals surface area contributed by atoms with E-state index in [4.69, 9.17) is 8.83 Å². The van der Waals surface area contributed by atoms with E-state index < -0.39 is 5.63 Å². The number of hydrogen-bond donors (Lipinski definition) is 1. The van der Waals surface area contributed by atoms with Crippen molar-refractivity contribution in [2.75, 3.05) is 0 Å². The first kappa shape index (κ1) is 13.3. The van der Waals surface area contributed by atoms with Gasteiger partial charge < -0.3 is 13.9 Å². The van der Waals surface area contributed by atoms with Gasteiger partial charge in [-0.3, -0.25) is 0 Å². The highest BCUT2D eigenvalue weighted by molar-refractivity contribution is 6.04. The molecule has 4 rings (SSSR count). The van der Waals surface area contributed by atoms with Crippen LogP contribution in [0.3, 0.4) is 0 Å². The van der Waals surface area contributed by atoms with Gasteiger partial charge in [0.15, 0.2) is 16.7 Å². The van der Waals surface area contributed by atoms with E-state index in [0.717, 1.165) is 0 Å². The third-order valence-electron chi connectivity index (χ3n) is 3.42. The number of nitrogens with zero attached hydrogens (tertiary/aromatic N) is 2. The van der Waals surface area contributed by atoms with Crippen molar-refractivity contribution in [2.45, 2.75) is 0 Å². The molecule has 0 aliphatic heterocycles. The van der Waals surface area contributed by atoms with Gasteiger partial charge in [0.25, 0.3) is 5.88 Å². The maximum absolute atomic E-state index is 12.0. The number of aromatic hydroxyl groups is 1. The molecule has 0 aliphatic rings. The number of rotatable bonds is 2. The summed E-state index contributed by atoms with van der Waals surface area (Å²) < 4.78 is 10.7. The SMILES string of the molecule is O=c1oc2ccccc2c2oc(N=Nc3ccccc3)c(O)c12. The molecule has 6 nitrogen and oxygen atoms in total. The molecule has 0 unspecified atom stereocenters. The van der Waals surface area contributed by atoms with Crippen LogP contribution in [0.1, 0.15) is 0 Å². The summed E-state index contributed by atoms with van der Waals surface area (Å²) in [7, 11) is 0. The Labute approximate surface area is 129 Å². The van der Waals surface area contributed by atoms with Crippen molar-refractivity contribution in [3.63, 3.8) is 0 Å². The van der Waals surface area contributed by atoms with E-state index in [1.807, 2.05) is 18.2 Å². The van der Waals surface area contributed by atoms with Crippen molar-refractivity contribution in [2.24, 2.45) is 10.2 Å². The van der Waals surface area contributed by atoms with Crippen molar-refractivity contribution >= 4 is 33.5 Å². The van der Waals surface area contributed by atoms with Gasteiger partial charge in [-0.1, -0.05) is 30.3 Å². The molecule has 0 fully saturated rings. The summed E-state index contributed by atoms with van der Waals surface area (Å²) in [5.74, 6) is -0.508. The summed E-state index contributed by atoms with van der Waals surface area (Å²) in [5.41, 5.74) is 0.534. The highest BCUT2D eigenvalue weighted by Crippen LogP contribution is 2.39. The fourth-order valence-electron chi connectivity index (χ4n) is 2.35. The van der Waals surface area contributed by atoms with Gasteiger partial charge >= 0.3 is 5.63 Å². The van der Waals surface area contributed by atoms with Crippen LogP contribution in [0.25, 0.3) is 21.9 Å². The third kappa shape index (κ3) is 2.17. The van der Waals surface area contributed by atoms with E-state index in [0.29, 0.717) is 16.7 Å². The first-order valence-corrected chi connectivity index (χ1v) is 6.88. The first-order chi connectivity index (χ1) is 11.2. The summed E-state index contributed by atoms with van der Waals surface area (Å²) in [6.45, 7) is 0. The molecule has 0 bridgehead atoms. The van der Waals surface area contributed by atoms with Gasteiger partial charge in [0.05, 0.1) is 11.1 Å². The van der Waals surface area contributed by atoms with Crippen molar-refractivity contribution in [1.29, 1.82) is 0 Å². The highest BCUT2D eigenvalue weighted by atomic mass is 16.4. The van der Waals surface area contributed by atoms with Gasteiger partial charge in [0.2, 0.25) is 0 Å². The van der Waals surface area contributed by atoms with Gasteiger partial charge in [-0.15, -0.1) is 10.2 Å². The van der Waals surface area contributed by atoms with Crippen molar-refractivity contribution in [3.8, 4) is 5.75 Å². The zero-order chi connectivity index (χ0) is 15.8. The number of azo groups is 1. The number of para-hydroxylation sites is 1. The molecule has 0 aliphatic carbocycles. The van der Waals surface area contributed by atoms with Gasteiger partial charge in [-0.05, 0) is 24.3 Å². The molecule has 0 radical (unpaired) electrons. The summed E-state index contributed by atoms with van der Waals surface area (Å²) in [6, 6.07) is 15.9.